The van der Waals surface area contributed by atoms with E-state index >= 15 is 0 Å². The van der Waals surface area contributed by atoms with Crippen molar-refractivity contribution >= 4 is 11.7 Å². The molecule has 1 aromatic carbocycles. The van der Waals surface area contributed by atoms with Gasteiger partial charge in [-0.3, -0.25) is 10.1 Å². The Kier molecular flexibility index (Phi) is 5.01. The number of nitro groups is 1. The highest BCUT2D eigenvalue weighted by molar-refractivity contribution is 5.86. The Balaban J connectivity index is 3.09. The number of esters is 1. The summed E-state index contributed by atoms with van der Waals surface area (Å²) in [7, 11) is 1.16. The van der Waals surface area contributed by atoms with E-state index in [0.717, 1.165) is 13.2 Å². The van der Waals surface area contributed by atoms with E-state index < -0.39 is 17.5 Å². The van der Waals surface area contributed by atoms with Gasteiger partial charge in [-0.05, 0) is 24.6 Å². The van der Waals surface area contributed by atoms with Crippen LogP contribution in [0.25, 0.3) is 0 Å². The maximum atomic E-state index is 11.4. The van der Waals surface area contributed by atoms with Crippen LogP contribution in [-0.4, -0.2) is 29.7 Å². The third-order valence-corrected chi connectivity index (χ3v) is 2.27. The quantitative estimate of drug-likeness (QED) is 0.284. The van der Waals surface area contributed by atoms with Crippen molar-refractivity contribution in [3.05, 3.63) is 45.7 Å². The molecule has 0 fully saturated rings. The number of aliphatic hydroxyl groups excluding tert-OH is 1. The van der Waals surface area contributed by atoms with Crippen LogP contribution >= 0.6 is 0 Å². The van der Waals surface area contributed by atoms with E-state index in [1.54, 1.807) is 6.92 Å². The van der Waals surface area contributed by atoms with Crippen molar-refractivity contribution in [1.29, 1.82) is 0 Å². The van der Waals surface area contributed by atoms with Gasteiger partial charge in [0.2, 0.25) is 5.76 Å². The standard InChI is InChI=1S/C12H13NO6/c1-8-3-4-9(13(16)17)7-11(8)19-10(5-6-14)12(15)18-2/h3-5,7,14H,6H2,1-2H3/b10-5-. The lowest BCUT2D eigenvalue weighted by atomic mass is 10.2. The van der Waals surface area contributed by atoms with Crippen LogP contribution in [0.5, 0.6) is 5.75 Å². The molecule has 0 aliphatic carbocycles. The monoisotopic (exact) mass is 267 g/mol. The molecule has 0 aliphatic heterocycles. The lowest BCUT2D eigenvalue weighted by Crippen LogP contribution is -2.12. The highest BCUT2D eigenvalue weighted by Gasteiger charge is 2.16. The van der Waals surface area contributed by atoms with Gasteiger partial charge in [0.05, 0.1) is 24.7 Å². The Morgan fingerprint density at radius 2 is 2.21 bits per heavy atom. The van der Waals surface area contributed by atoms with Crippen molar-refractivity contribution in [3.63, 3.8) is 0 Å². The largest absolute Gasteiger partial charge is 0.463 e. The molecule has 0 atom stereocenters. The Morgan fingerprint density at radius 3 is 2.74 bits per heavy atom. The summed E-state index contributed by atoms with van der Waals surface area (Å²) in [6.07, 6.45) is 1.12. The van der Waals surface area contributed by atoms with Gasteiger partial charge in [-0.1, -0.05) is 0 Å². The molecule has 1 N–H and O–H groups in total. The number of aliphatic hydroxyl groups is 1. The van der Waals surface area contributed by atoms with E-state index in [1.165, 1.54) is 18.2 Å². The second kappa shape index (κ2) is 6.50. The molecule has 1 aromatic rings. The first-order valence-corrected chi connectivity index (χ1v) is 5.31. The van der Waals surface area contributed by atoms with Gasteiger partial charge < -0.3 is 14.6 Å². The van der Waals surface area contributed by atoms with Crippen LogP contribution in [0.1, 0.15) is 5.56 Å². The molecule has 102 valence electrons. The molecule has 0 saturated carbocycles. The number of methoxy groups -OCH3 is 1. The number of non-ortho nitro benzene ring substituents is 1. The van der Waals surface area contributed by atoms with Crippen molar-refractivity contribution < 1.29 is 24.3 Å². The van der Waals surface area contributed by atoms with Crippen molar-refractivity contribution in [1.82, 2.24) is 0 Å². The number of hydrogen-bond acceptors (Lipinski definition) is 6. The van der Waals surface area contributed by atoms with Gasteiger partial charge in [-0.15, -0.1) is 0 Å². The molecule has 7 nitrogen and oxygen atoms in total. The molecule has 0 bridgehead atoms. The number of benzene rings is 1. The van der Waals surface area contributed by atoms with Crippen molar-refractivity contribution in [3.8, 4) is 5.75 Å². The van der Waals surface area contributed by atoms with E-state index in [2.05, 4.69) is 4.74 Å². The maximum Gasteiger partial charge on any atom is 0.373 e. The Bertz CT molecular complexity index is 523. The molecule has 1 rings (SSSR count). The Hall–Kier alpha value is -2.41. The third kappa shape index (κ3) is 3.78. The van der Waals surface area contributed by atoms with E-state index in [1.807, 2.05) is 0 Å². The summed E-state index contributed by atoms with van der Waals surface area (Å²) in [5.74, 6) is -0.854. The second-order valence-electron chi connectivity index (χ2n) is 3.55. The Morgan fingerprint density at radius 1 is 1.53 bits per heavy atom. The first kappa shape index (κ1) is 14.7. The summed E-state index contributed by atoms with van der Waals surface area (Å²) in [5, 5.41) is 19.5. The zero-order chi connectivity index (χ0) is 14.4. The molecule has 0 heterocycles. The zero-order valence-corrected chi connectivity index (χ0v) is 10.5. The summed E-state index contributed by atoms with van der Waals surface area (Å²) >= 11 is 0. The lowest BCUT2D eigenvalue weighted by molar-refractivity contribution is -0.384. The lowest BCUT2D eigenvalue weighted by Gasteiger charge is -2.10. The molecule has 0 amide bonds. The van der Waals surface area contributed by atoms with Crippen molar-refractivity contribution in [2.24, 2.45) is 0 Å². The highest BCUT2D eigenvalue weighted by atomic mass is 16.6. The number of carbonyl (C=O) groups is 1. The van der Waals surface area contributed by atoms with Gasteiger partial charge in [-0.25, -0.2) is 4.79 Å². The summed E-state index contributed by atoms with van der Waals surface area (Å²) in [4.78, 5) is 21.5. The number of hydrogen-bond donors (Lipinski definition) is 1. The fraction of sp³-hybridized carbons (Fsp3) is 0.250. The molecule has 0 spiro atoms. The minimum Gasteiger partial charge on any atom is -0.463 e. The molecule has 0 unspecified atom stereocenters. The fourth-order valence-corrected chi connectivity index (χ4v) is 1.28. The van der Waals surface area contributed by atoms with Crippen molar-refractivity contribution in [2.75, 3.05) is 13.7 Å². The van der Waals surface area contributed by atoms with Gasteiger partial charge in [0.15, 0.2) is 0 Å². The molecule has 7 heteroatoms. The molecule has 0 aliphatic rings. The number of rotatable bonds is 5. The summed E-state index contributed by atoms with van der Waals surface area (Å²) in [5.41, 5.74) is 0.451. The van der Waals surface area contributed by atoms with E-state index in [4.69, 9.17) is 9.84 Å². The number of nitro benzene ring substituents is 1. The molecule has 0 aromatic heterocycles. The van der Waals surface area contributed by atoms with E-state index in [0.29, 0.717) is 5.56 Å². The third-order valence-electron chi connectivity index (χ3n) is 2.27. The van der Waals surface area contributed by atoms with Crippen LogP contribution in [0, 0.1) is 17.0 Å². The minimum absolute atomic E-state index is 0.152. The van der Waals surface area contributed by atoms with Crippen LogP contribution < -0.4 is 4.74 Å². The van der Waals surface area contributed by atoms with Gasteiger partial charge in [-0.2, -0.15) is 0 Å². The predicted octanol–water partition coefficient (Wildman–Crippen LogP) is 1.33. The van der Waals surface area contributed by atoms with Crippen LogP contribution in [0.2, 0.25) is 0 Å². The van der Waals surface area contributed by atoms with Gasteiger partial charge in [0.1, 0.15) is 5.75 Å². The predicted molar refractivity (Wildman–Crippen MR) is 65.6 cm³/mol. The first-order chi connectivity index (χ1) is 8.99. The summed E-state index contributed by atoms with van der Waals surface area (Å²) in [6.45, 7) is 1.26. The van der Waals surface area contributed by atoms with Crippen LogP contribution in [0.15, 0.2) is 30.0 Å². The molecular formula is C12H13NO6. The van der Waals surface area contributed by atoms with Crippen LogP contribution in [0.4, 0.5) is 5.69 Å². The maximum absolute atomic E-state index is 11.4. The highest BCUT2D eigenvalue weighted by Crippen LogP contribution is 2.25. The van der Waals surface area contributed by atoms with E-state index in [-0.39, 0.29) is 17.2 Å². The van der Waals surface area contributed by atoms with Crippen LogP contribution in [-0.2, 0) is 9.53 Å². The SMILES string of the molecule is COC(=O)/C(=C/CO)Oc1cc([N+](=O)[O-])ccc1C. The smallest absolute Gasteiger partial charge is 0.373 e. The first-order valence-electron chi connectivity index (χ1n) is 5.31. The molecule has 0 saturated heterocycles. The summed E-state index contributed by atoms with van der Waals surface area (Å²) in [6, 6.07) is 4.03. The summed E-state index contributed by atoms with van der Waals surface area (Å²) < 4.78 is 9.73. The van der Waals surface area contributed by atoms with E-state index in [9.17, 15) is 14.9 Å². The number of aryl methyl sites for hydroxylation is 1. The van der Waals surface area contributed by atoms with Gasteiger partial charge >= 0.3 is 5.97 Å². The normalized spacial score (nSPS) is 11.0. The minimum atomic E-state index is -0.778. The van der Waals surface area contributed by atoms with Crippen LogP contribution in [0.3, 0.4) is 0 Å². The van der Waals surface area contributed by atoms with Gasteiger partial charge in [0.25, 0.3) is 5.69 Å². The molecule has 0 radical (unpaired) electrons. The van der Waals surface area contributed by atoms with Crippen molar-refractivity contribution in [2.45, 2.75) is 6.92 Å². The average Bonchev–Trinajstić information content (AvgIpc) is 2.39. The zero-order valence-electron chi connectivity index (χ0n) is 10.5. The average molecular weight is 267 g/mol. The van der Waals surface area contributed by atoms with Gasteiger partial charge in [0, 0.05) is 6.07 Å². The molecule has 19 heavy (non-hydrogen) atoms. The number of nitrogens with zero attached hydrogens (tertiary/aromatic N) is 1. The Labute approximate surface area is 109 Å². The topological polar surface area (TPSA) is 98.9 Å². The number of carbonyl (C=O) groups excluding carboxylic acids is 1. The second-order valence-corrected chi connectivity index (χ2v) is 3.55. The fourth-order valence-electron chi connectivity index (χ4n) is 1.28. The number of ether oxygens (including phenoxy) is 2. The molecular weight excluding hydrogens is 254 g/mol.